The molecule has 1 aliphatic rings. The Morgan fingerprint density at radius 3 is 1.75 bits per heavy atom. The number of amides is 2. The Morgan fingerprint density at radius 1 is 1.06 bits per heavy atom. The first-order valence-electron chi connectivity index (χ1n) is 4.38. The molecule has 92 valence electrons. The predicted molar refractivity (Wildman–Crippen MR) is 54.3 cm³/mol. The summed E-state index contributed by atoms with van der Waals surface area (Å²) < 4.78 is 20.3. The highest BCUT2D eigenvalue weighted by Crippen LogP contribution is 2.22. The topological polar surface area (TPSA) is 74.3 Å². The number of nitrogens with zero attached hydrogens (tertiary/aromatic N) is 1. The Labute approximate surface area is 101 Å². The molecule has 0 unspecified atom stereocenters. The van der Waals surface area contributed by atoms with Crippen LogP contribution in [0.3, 0.4) is 0 Å². The van der Waals surface area contributed by atoms with Crippen LogP contribution < -0.4 is 0 Å². The van der Waals surface area contributed by atoms with E-state index in [-0.39, 0.29) is 13.6 Å². The molecule has 0 spiro atoms. The van der Waals surface area contributed by atoms with Gasteiger partial charge in [-0.3, -0.25) is 9.59 Å². The zero-order valence-electron chi connectivity index (χ0n) is 8.84. The summed E-state index contributed by atoms with van der Waals surface area (Å²) in [5.41, 5.74) is 0. The molecule has 1 fully saturated rings. The molecule has 0 aromatic heterocycles. The molecule has 2 atom stereocenters. The van der Waals surface area contributed by atoms with Crippen molar-refractivity contribution in [2.75, 3.05) is 27.8 Å². The third kappa shape index (κ3) is 2.77. The third-order valence-electron chi connectivity index (χ3n) is 1.88. The highest BCUT2D eigenvalue weighted by molar-refractivity contribution is 9.08. The van der Waals surface area contributed by atoms with Gasteiger partial charge in [-0.1, -0.05) is 0 Å². The molecule has 1 aliphatic heterocycles. The van der Waals surface area contributed by atoms with Gasteiger partial charge < -0.3 is 18.9 Å². The van der Waals surface area contributed by atoms with Gasteiger partial charge in [-0.2, -0.15) is 0 Å². The summed E-state index contributed by atoms with van der Waals surface area (Å²) in [6.07, 6.45) is -2.02. The van der Waals surface area contributed by atoms with Crippen molar-refractivity contribution in [1.29, 1.82) is 0 Å². The first-order valence-corrected chi connectivity index (χ1v) is 5.09. The van der Waals surface area contributed by atoms with Gasteiger partial charge in [0.1, 0.15) is 13.6 Å². The zero-order chi connectivity index (χ0) is 12.1. The largest absolute Gasteiger partial charge is 0.359 e. The normalized spacial score (nSPS) is 25.6. The Balaban J connectivity index is 2.67. The van der Waals surface area contributed by atoms with E-state index in [4.69, 9.17) is 9.47 Å². The molecular formula is C8H12BrNO6. The molecule has 1 rings (SSSR count). The summed E-state index contributed by atoms with van der Waals surface area (Å²) in [6.45, 7) is -0.200. The Bertz CT molecular complexity index is 247. The second kappa shape index (κ2) is 6.26. The average molecular weight is 298 g/mol. The van der Waals surface area contributed by atoms with Gasteiger partial charge in [0, 0.05) is 14.2 Å². The van der Waals surface area contributed by atoms with Crippen LogP contribution in [0, 0.1) is 0 Å². The van der Waals surface area contributed by atoms with Crippen molar-refractivity contribution >= 4 is 28.0 Å². The molecule has 0 aliphatic carbocycles. The van der Waals surface area contributed by atoms with E-state index in [0.717, 1.165) is 3.93 Å². The maximum Gasteiger partial charge on any atom is 0.271 e. The number of halogens is 1. The zero-order valence-corrected chi connectivity index (χ0v) is 10.4. The molecule has 0 saturated carbocycles. The minimum atomic E-state index is -1.01. The second-order valence-corrected chi connectivity index (χ2v) is 3.65. The van der Waals surface area contributed by atoms with Gasteiger partial charge in [0.2, 0.25) is 0 Å². The Morgan fingerprint density at radius 2 is 1.44 bits per heavy atom. The van der Waals surface area contributed by atoms with Crippen LogP contribution in [0.15, 0.2) is 0 Å². The number of imide groups is 1. The van der Waals surface area contributed by atoms with Gasteiger partial charge in [-0.25, -0.2) is 3.93 Å². The van der Waals surface area contributed by atoms with Gasteiger partial charge in [-0.15, -0.1) is 0 Å². The minimum Gasteiger partial charge on any atom is -0.359 e. The lowest BCUT2D eigenvalue weighted by molar-refractivity contribution is -0.165. The quantitative estimate of drug-likeness (QED) is 0.379. The smallest absolute Gasteiger partial charge is 0.271 e. The molecular weight excluding hydrogens is 286 g/mol. The molecule has 0 N–H and O–H groups in total. The fourth-order valence-corrected chi connectivity index (χ4v) is 1.59. The second-order valence-electron chi connectivity index (χ2n) is 2.94. The third-order valence-corrected chi connectivity index (χ3v) is 2.58. The van der Waals surface area contributed by atoms with Crippen LogP contribution in [0.1, 0.15) is 0 Å². The van der Waals surface area contributed by atoms with Crippen molar-refractivity contribution in [2.45, 2.75) is 12.2 Å². The van der Waals surface area contributed by atoms with Crippen LogP contribution in [-0.4, -0.2) is 55.8 Å². The summed E-state index contributed by atoms with van der Waals surface area (Å²) in [5, 5.41) is 0. The minimum absolute atomic E-state index is 0.0998. The van der Waals surface area contributed by atoms with E-state index in [9.17, 15) is 9.59 Å². The summed E-state index contributed by atoms with van der Waals surface area (Å²) in [5.74, 6) is -1.05. The van der Waals surface area contributed by atoms with Crippen molar-refractivity contribution in [3.63, 3.8) is 0 Å². The van der Waals surface area contributed by atoms with E-state index in [2.05, 4.69) is 25.6 Å². The summed E-state index contributed by atoms with van der Waals surface area (Å²) in [6, 6.07) is 0. The van der Waals surface area contributed by atoms with E-state index in [1.165, 1.54) is 14.2 Å². The SMILES string of the molecule is COCO[C@H]1C(=O)N(Br)C(=O)[C@@H]1OCOC. The molecule has 0 radical (unpaired) electrons. The lowest BCUT2D eigenvalue weighted by Gasteiger charge is -2.15. The monoisotopic (exact) mass is 297 g/mol. The van der Waals surface area contributed by atoms with Crippen LogP contribution >= 0.6 is 16.1 Å². The standard InChI is InChI=1S/C8H12BrNO6/c1-13-3-15-5-6(16-4-14-2)8(12)10(9)7(5)11/h5-6H,3-4H2,1-2H3/t5-,6-/m1/s1. The number of rotatable bonds is 6. The molecule has 2 amide bonds. The maximum absolute atomic E-state index is 11.6. The van der Waals surface area contributed by atoms with E-state index in [1.807, 2.05) is 0 Å². The maximum atomic E-state index is 11.6. The number of hydrogen-bond donors (Lipinski definition) is 0. The van der Waals surface area contributed by atoms with Crippen LogP contribution in [-0.2, 0) is 28.5 Å². The highest BCUT2D eigenvalue weighted by Gasteiger charge is 2.49. The van der Waals surface area contributed by atoms with Crippen molar-refractivity contribution in [2.24, 2.45) is 0 Å². The molecule has 0 aromatic carbocycles. The fourth-order valence-electron chi connectivity index (χ4n) is 1.19. The fraction of sp³-hybridized carbons (Fsp3) is 0.750. The lowest BCUT2D eigenvalue weighted by atomic mass is 10.2. The summed E-state index contributed by atoms with van der Waals surface area (Å²) >= 11 is 2.83. The number of hydrogen-bond acceptors (Lipinski definition) is 6. The lowest BCUT2D eigenvalue weighted by Crippen LogP contribution is -2.35. The van der Waals surface area contributed by atoms with Gasteiger partial charge in [0.05, 0.1) is 16.1 Å². The van der Waals surface area contributed by atoms with Gasteiger partial charge in [-0.05, 0) is 0 Å². The predicted octanol–water partition coefficient (Wildman–Crippen LogP) is -0.357. The first-order chi connectivity index (χ1) is 7.63. The average Bonchev–Trinajstić information content (AvgIpc) is 2.49. The van der Waals surface area contributed by atoms with E-state index < -0.39 is 24.0 Å². The van der Waals surface area contributed by atoms with E-state index in [1.54, 1.807) is 0 Å². The van der Waals surface area contributed by atoms with Crippen molar-refractivity contribution in [3.05, 3.63) is 0 Å². The van der Waals surface area contributed by atoms with Crippen LogP contribution in [0.4, 0.5) is 0 Å². The highest BCUT2D eigenvalue weighted by atomic mass is 79.9. The first kappa shape index (κ1) is 13.5. The van der Waals surface area contributed by atoms with Crippen molar-refractivity contribution in [1.82, 2.24) is 3.93 Å². The van der Waals surface area contributed by atoms with E-state index in [0.29, 0.717) is 0 Å². The number of carbonyl (C=O) groups is 2. The molecule has 16 heavy (non-hydrogen) atoms. The molecule has 7 nitrogen and oxygen atoms in total. The molecule has 0 bridgehead atoms. The molecule has 8 heteroatoms. The van der Waals surface area contributed by atoms with Gasteiger partial charge in [0.25, 0.3) is 11.8 Å². The summed E-state index contributed by atoms with van der Waals surface area (Å²) in [4.78, 5) is 23.1. The van der Waals surface area contributed by atoms with Gasteiger partial charge in [0.15, 0.2) is 12.2 Å². The Kier molecular flexibility index (Phi) is 5.29. The van der Waals surface area contributed by atoms with Crippen molar-refractivity contribution in [3.8, 4) is 0 Å². The van der Waals surface area contributed by atoms with E-state index >= 15 is 0 Å². The van der Waals surface area contributed by atoms with Crippen LogP contribution in [0.5, 0.6) is 0 Å². The summed E-state index contributed by atoms with van der Waals surface area (Å²) in [7, 11) is 2.83. The number of methoxy groups -OCH3 is 2. The van der Waals surface area contributed by atoms with Crippen LogP contribution in [0.25, 0.3) is 0 Å². The molecule has 0 aromatic rings. The Hall–Kier alpha value is -0.540. The number of ether oxygens (including phenoxy) is 4. The van der Waals surface area contributed by atoms with Gasteiger partial charge >= 0.3 is 0 Å². The van der Waals surface area contributed by atoms with Crippen LogP contribution in [0.2, 0.25) is 0 Å². The molecule has 1 heterocycles. The van der Waals surface area contributed by atoms with Crippen molar-refractivity contribution < 1.29 is 28.5 Å². The number of carbonyl (C=O) groups excluding carboxylic acids is 2. The molecule has 1 saturated heterocycles.